The molecule has 1 fully saturated rings. The van der Waals surface area contributed by atoms with Crippen LogP contribution < -0.4 is 11.1 Å². The third-order valence-corrected chi connectivity index (χ3v) is 2.82. The van der Waals surface area contributed by atoms with Crippen molar-refractivity contribution in [1.82, 2.24) is 10.2 Å². The van der Waals surface area contributed by atoms with Crippen LogP contribution in [0.5, 0.6) is 0 Å². The first-order valence-electron chi connectivity index (χ1n) is 5.40. The first kappa shape index (κ1) is 11.0. The van der Waals surface area contributed by atoms with E-state index in [2.05, 4.69) is 24.1 Å². The Balaban J connectivity index is 2.37. The van der Waals surface area contributed by atoms with Crippen LogP contribution in [0.15, 0.2) is 0 Å². The second-order valence-electron chi connectivity index (χ2n) is 4.19. The topological polar surface area (TPSA) is 41.3 Å². The summed E-state index contributed by atoms with van der Waals surface area (Å²) in [4.78, 5) is 2.58. The lowest BCUT2D eigenvalue weighted by Crippen LogP contribution is -2.53. The Hall–Kier alpha value is -0.120. The van der Waals surface area contributed by atoms with E-state index in [-0.39, 0.29) is 0 Å². The van der Waals surface area contributed by atoms with Crippen LogP contribution in [0.4, 0.5) is 0 Å². The molecule has 1 unspecified atom stereocenters. The highest BCUT2D eigenvalue weighted by molar-refractivity contribution is 4.81. The first-order valence-corrected chi connectivity index (χ1v) is 5.40. The first-order chi connectivity index (χ1) is 6.25. The molecule has 0 aromatic rings. The van der Waals surface area contributed by atoms with Gasteiger partial charge in [0.25, 0.3) is 0 Å². The Labute approximate surface area is 81.7 Å². The zero-order valence-electron chi connectivity index (χ0n) is 8.92. The molecule has 78 valence electrons. The van der Waals surface area contributed by atoms with Gasteiger partial charge < -0.3 is 11.1 Å². The van der Waals surface area contributed by atoms with E-state index in [0.29, 0.717) is 6.04 Å². The maximum absolute atomic E-state index is 5.52. The van der Waals surface area contributed by atoms with E-state index in [1.807, 2.05) is 0 Å². The van der Waals surface area contributed by atoms with Crippen LogP contribution in [-0.2, 0) is 0 Å². The van der Waals surface area contributed by atoms with Crippen molar-refractivity contribution in [2.24, 2.45) is 11.7 Å². The molecule has 0 aliphatic carbocycles. The van der Waals surface area contributed by atoms with Crippen molar-refractivity contribution in [3.8, 4) is 0 Å². The monoisotopic (exact) mass is 185 g/mol. The number of hydrogen-bond donors (Lipinski definition) is 2. The van der Waals surface area contributed by atoms with Gasteiger partial charge in [-0.3, -0.25) is 4.90 Å². The summed E-state index contributed by atoms with van der Waals surface area (Å²) in [6.07, 6.45) is 1.13. The lowest BCUT2D eigenvalue weighted by molar-refractivity contribution is 0.124. The van der Waals surface area contributed by atoms with Crippen molar-refractivity contribution in [2.75, 3.05) is 32.7 Å². The van der Waals surface area contributed by atoms with E-state index in [4.69, 9.17) is 5.73 Å². The van der Waals surface area contributed by atoms with Gasteiger partial charge in [-0.15, -0.1) is 0 Å². The van der Waals surface area contributed by atoms with Gasteiger partial charge in [-0.2, -0.15) is 0 Å². The van der Waals surface area contributed by atoms with Crippen molar-refractivity contribution < 1.29 is 0 Å². The number of hydrogen-bond acceptors (Lipinski definition) is 3. The predicted octanol–water partition coefficient (Wildman–Crippen LogP) is 0.265. The average Bonchev–Trinajstić information content (AvgIpc) is 2.15. The fourth-order valence-corrected chi connectivity index (χ4v) is 2.00. The molecular weight excluding hydrogens is 162 g/mol. The van der Waals surface area contributed by atoms with Crippen LogP contribution in [0.2, 0.25) is 0 Å². The van der Waals surface area contributed by atoms with Gasteiger partial charge in [0.05, 0.1) is 0 Å². The second kappa shape index (κ2) is 5.58. The van der Waals surface area contributed by atoms with Gasteiger partial charge in [-0.05, 0) is 25.4 Å². The molecule has 0 amide bonds. The Kier molecular flexibility index (Phi) is 4.70. The van der Waals surface area contributed by atoms with E-state index in [1.54, 1.807) is 0 Å². The molecule has 0 radical (unpaired) electrons. The molecule has 3 N–H and O–H groups in total. The molecule has 1 heterocycles. The standard InChI is InChI=1S/C10H23N3/c1-9(2)10-8-12-5-7-13(10)6-3-4-11/h9-10,12H,3-8,11H2,1-2H3. The van der Waals surface area contributed by atoms with Crippen molar-refractivity contribution in [3.63, 3.8) is 0 Å². The van der Waals surface area contributed by atoms with Crippen molar-refractivity contribution >= 4 is 0 Å². The van der Waals surface area contributed by atoms with Crippen LogP contribution in [0.3, 0.4) is 0 Å². The molecule has 1 atom stereocenters. The van der Waals surface area contributed by atoms with Gasteiger partial charge in [-0.1, -0.05) is 13.8 Å². The van der Waals surface area contributed by atoms with Crippen molar-refractivity contribution in [1.29, 1.82) is 0 Å². The van der Waals surface area contributed by atoms with Crippen molar-refractivity contribution in [2.45, 2.75) is 26.3 Å². The molecule has 0 aromatic heterocycles. The van der Waals surface area contributed by atoms with Crippen molar-refractivity contribution in [3.05, 3.63) is 0 Å². The maximum atomic E-state index is 5.52. The van der Waals surface area contributed by atoms with E-state index in [9.17, 15) is 0 Å². The summed E-state index contributed by atoms with van der Waals surface area (Å²) in [5.41, 5.74) is 5.52. The van der Waals surface area contributed by atoms with Crippen LogP contribution in [0.25, 0.3) is 0 Å². The fraction of sp³-hybridized carbons (Fsp3) is 1.00. The highest BCUT2D eigenvalue weighted by Gasteiger charge is 2.23. The number of rotatable bonds is 4. The molecule has 13 heavy (non-hydrogen) atoms. The molecule has 1 aliphatic heterocycles. The minimum atomic E-state index is 0.709. The normalized spacial score (nSPS) is 25.4. The Morgan fingerprint density at radius 2 is 2.31 bits per heavy atom. The molecule has 0 spiro atoms. The number of nitrogens with two attached hydrogens (primary N) is 1. The SMILES string of the molecule is CC(C)C1CNCCN1CCCN. The molecule has 1 rings (SSSR count). The third-order valence-electron chi connectivity index (χ3n) is 2.82. The summed E-state index contributed by atoms with van der Waals surface area (Å²) in [5.74, 6) is 0.741. The van der Waals surface area contributed by atoms with Gasteiger partial charge in [0.15, 0.2) is 0 Å². The van der Waals surface area contributed by atoms with E-state index >= 15 is 0 Å². The van der Waals surface area contributed by atoms with Crippen LogP contribution in [0.1, 0.15) is 20.3 Å². The molecule has 0 bridgehead atoms. The fourth-order valence-electron chi connectivity index (χ4n) is 2.00. The van der Waals surface area contributed by atoms with Gasteiger partial charge >= 0.3 is 0 Å². The largest absolute Gasteiger partial charge is 0.330 e. The summed E-state index contributed by atoms with van der Waals surface area (Å²) < 4.78 is 0. The highest BCUT2D eigenvalue weighted by Crippen LogP contribution is 2.12. The Bertz CT molecular complexity index is 136. The lowest BCUT2D eigenvalue weighted by atomic mass is 10.0. The van der Waals surface area contributed by atoms with E-state index in [0.717, 1.165) is 32.0 Å². The van der Waals surface area contributed by atoms with Crippen LogP contribution in [0, 0.1) is 5.92 Å². The molecule has 1 aliphatic rings. The third kappa shape index (κ3) is 3.25. The lowest BCUT2D eigenvalue weighted by Gasteiger charge is -2.38. The summed E-state index contributed by atoms with van der Waals surface area (Å²) in [6, 6.07) is 0.709. The maximum Gasteiger partial charge on any atom is 0.0244 e. The average molecular weight is 185 g/mol. The van der Waals surface area contributed by atoms with Crippen LogP contribution in [-0.4, -0.2) is 43.7 Å². The van der Waals surface area contributed by atoms with E-state index < -0.39 is 0 Å². The predicted molar refractivity (Wildman–Crippen MR) is 56.7 cm³/mol. The summed E-state index contributed by atoms with van der Waals surface area (Å²) >= 11 is 0. The van der Waals surface area contributed by atoms with Gasteiger partial charge in [0.1, 0.15) is 0 Å². The van der Waals surface area contributed by atoms with Gasteiger partial charge in [0.2, 0.25) is 0 Å². The zero-order valence-corrected chi connectivity index (χ0v) is 8.92. The zero-order chi connectivity index (χ0) is 9.68. The van der Waals surface area contributed by atoms with Gasteiger partial charge in [-0.25, -0.2) is 0 Å². The number of piperazine rings is 1. The Morgan fingerprint density at radius 3 is 2.92 bits per heavy atom. The second-order valence-corrected chi connectivity index (χ2v) is 4.19. The Morgan fingerprint density at radius 1 is 1.54 bits per heavy atom. The molecular formula is C10H23N3. The summed E-state index contributed by atoms with van der Waals surface area (Å²) in [5, 5.41) is 3.45. The highest BCUT2D eigenvalue weighted by atomic mass is 15.2. The quantitative estimate of drug-likeness (QED) is 0.660. The van der Waals surface area contributed by atoms with Gasteiger partial charge in [0, 0.05) is 25.7 Å². The molecule has 3 nitrogen and oxygen atoms in total. The van der Waals surface area contributed by atoms with Crippen LogP contribution >= 0.6 is 0 Å². The minimum Gasteiger partial charge on any atom is -0.330 e. The molecule has 1 saturated heterocycles. The smallest absolute Gasteiger partial charge is 0.0244 e. The molecule has 3 heteroatoms. The summed E-state index contributed by atoms with van der Waals surface area (Å²) in [7, 11) is 0. The number of nitrogens with one attached hydrogen (secondary N) is 1. The molecule has 0 aromatic carbocycles. The number of nitrogens with zero attached hydrogens (tertiary/aromatic N) is 1. The summed E-state index contributed by atoms with van der Waals surface area (Å²) in [6.45, 7) is 10.0. The molecule has 0 saturated carbocycles. The minimum absolute atomic E-state index is 0.709. The van der Waals surface area contributed by atoms with E-state index in [1.165, 1.54) is 13.1 Å².